The summed E-state index contributed by atoms with van der Waals surface area (Å²) in [4.78, 5) is 25.8. The first-order valence-corrected chi connectivity index (χ1v) is 11.3. The lowest BCUT2D eigenvalue weighted by Gasteiger charge is -2.31. The van der Waals surface area contributed by atoms with E-state index < -0.39 is 0 Å². The Balaban J connectivity index is 1.44. The van der Waals surface area contributed by atoms with Gasteiger partial charge in [0.25, 0.3) is 0 Å². The van der Waals surface area contributed by atoms with Crippen molar-refractivity contribution >= 4 is 28.6 Å². The molecule has 2 aromatic heterocycles. The van der Waals surface area contributed by atoms with Crippen LogP contribution in [0.2, 0.25) is 0 Å². The number of hydrogen-bond donors (Lipinski definition) is 2. The van der Waals surface area contributed by atoms with E-state index in [4.69, 9.17) is 21.4 Å². The number of amides is 1. The second-order valence-corrected chi connectivity index (χ2v) is 8.89. The van der Waals surface area contributed by atoms with Gasteiger partial charge in [0.05, 0.1) is 5.69 Å². The molecule has 1 aliphatic carbocycles. The third kappa shape index (κ3) is 3.28. The van der Waals surface area contributed by atoms with Crippen molar-refractivity contribution in [2.45, 2.75) is 31.6 Å². The van der Waals surface area contributed by atoms with E-state index in [1.165, 1.54) is 5.56 Å². The summed E-state index contributed by atoms with van der Waals surface area (Å²) < 4.78 is 2.01. The summed E-state index contributed by atoms with van der Waals surface area (Å²) >= 11 is 0. The Labute approximate surface area is 191 Å². The van der Waals surface area contributed by atoms with Crippen molar-refractivity contribution < 1.29 is 4.79 Å². The fraction of sp³-hybridized carbons (Fsp3) is 0.231. The first-order valence-electron chi connectivity index (χ1n) is 11.3. The lowest BCUT2D eigenvalue weighted by Crippen LogP contribution is -2.34. The second kappa shape index (κ2) is 7.55. The van der Waals surface area contributed by atoms with E-state index >= 15 is 0 Å². The van der Waals surface area contributed by atoms with Crippen LogP contribution in [0.4, 0.5) is 11.5 Å². The van der Waals surface area contributed by atoms with Crippen molar-refractivity contribution in [1.29, 1.82) is 0 Å². The van der Waals surface area contributed by atoms with Gasteiger partial charge in [0.1, 0.15) is 22.9 Å². The van der Waals surface area contributed by atoms with Gasteiger partial charge < -0.3 is 11.5 Å². The Hall–Kier alpha value is -4.00. The molecule has 0 spiro atoms. The van der Waals surface area contributed by atoms with Crippen molar-refractivity contribution in [3.05, 3.63) is 77.9 Å². The van der Waals surface area contributed by atoms with Gasteiger partial charge in [-0.3, -0.25) is 14.2 Å². The number of aliphatic imine (C=N–C) groups is 1. The normalized spacial score (nSPS) is 19.6. The van der Waals surface area contributed by atoms with E-state index in [1.807, 2.05) is 28.8 Å². The van der Waals surface area contributed by atoms with Gasteiger partial charge in [0, 0.05) is 35.5 Å². The number of carbonyl (C=O) groups is 1. The predicted molar refractivity (Wildman–Crippen MR) is 128 cm³/mol. The molecule has 2 aromatic carbocycles. The van der Waals surface area contributed by atoms with Crippen LogP contribution in [0, 0.1) is 5.92 Å². The summed E-state index contributed by atoms with van der Waals surface area (Å²) in [5, 5.41) is 0. The maximum atomic E-state index is 11.5. The topological polar surface area (TPSA) is 112 Å². The monoisotopic (exact) mass is 436 g/mol. The summed E-state index contributed by atoms with van der Waals surface area (Å²) in [5.41, 5.74) is 18.8. The smallest absolute Gasteiger partial charge is 0.220 e. The van der Waals surface area contributed by atoms with Gasteiger partial charge in [0.15, 0.2) is 0 Å². The number of nitrogen functional groups attached to an aromatic ring is 1. The van der Waals surface area contributed by atoms with Crippen LogP contribution in [0.3, 0.4) is 0 Å². The van der Waals surface area contributed by atoms with Crippen molar-refractivity contribution in [3.63, 3.8) is 0 Å². The Bertz CT molecular complexity index is 1420. The predicted octanol–water partition coefficient (Wildman–Crippen LogP) is 4.02. The van der Waals surface area contributed by atoms with Crippen LogP contribution in [0.5, 0.6) is 0 Å². The molecule has 0 radical (unpaired) electrons. The van der Waals surface area contributed by atoms with E-state index in [2.05, 4.69) is 35.3 Å². The van der Waals surface area contributed by atoms with E-state index in [9.17, 15) is 4.79 Å². The Morgan fingerprint density at radius 3 is 2.64 bits per heavy atom. The number of hydrogen-bond acceptors (Lipinski definition) is 5. The minimum Gasteiger partial charge on any atom is -0.382 e. The van der Waals surface area contributed by atoms with Crippen LogP contribution < -0.4 is 11.5 Å². The standard InChI is InChI=1S/C26H24N6O/c27-24-23-22(31-26(32(23)11-10-29-24)19-12-18(13-19)25(28)33)17-7-6-16-8-9-20(30-21(16)14-17)15-4-2-1-3-5-15/h1-7,10-11,14,18-19H,8-9,12-13H2,(H2,27,29)(H2,28,33). The molecule has 4 aromatic rings. The van der Waals surface area contributed by atoms with Crippen molar-refractivity contribution in [1.82, 2.24) is 14.4 Å². The Kier molecular flexibility index (Phi) is 4.50. The van der Waals surface area contributed by atoms with Crippen molar-refractivity contribution in [2.75, 3.05) is 5.73 Å². The number of benzene rings is 2. The highest BCUT2D eigenvalue weighted by Crippen LogP contribution is 2.43. The first kappa shape index (κ1) is 19.7. The SMILES string of the molecule is NC(=O)C1CC(c2nc(-c3ccc4c(c3)N=C(c3ccccc3)CC4)c3c(N)nccn23)C1. The molecule has 33 heavy (non-hydrogen) atoms. The number of imidazole rings is 1. The zero-order valence-corrected chi connectivity index (χ0v) is 18.1. The fourth-order valence-corrected chi connectivity index (χ4v) is 4.96. The van der Waals surface area contributed by atoms with Gasteiger partial charge in [-0.25, -0.2) is 9.97 Å². The molecule has 2 aliphatic rings. The van der Waals surface area contributed by atoms with Crippen LogP contribution in [0.25, 0.3) is 16.8 Å². The molecular weight excluding hydrogens is 412 g/mol. The van der Waals surface area contributed by atoms with E-state index in [1.54, 1.807) is 6.20 Å². The second-order valence-electron chi connectivity index (χ2n) is 8.89. The van der Waals surface area contributed by atoms with E-state index in [0.717, 1.165) is 52.4 Å². The third-order valence-corrected chi connectivity index (χ3v) is 6.87. The number of aryl methyl sites for hydroxylation is 1. The molecule has 1 saturated carbocycles. The minimum atomic E-state index is -0.240. The number of rotatable bonds is 4. The molecule has 7 nitrogen and oxygen atoms in total. The van der Waals surface area contributed by atoms with Gasteiger partial charge in [-0.15, -0.1) is 0 Å². The van der Waals surface area contributed by atoms with Crippen LogP contribution in [0.15, 0.2) is 65.9 Å². The van der Waals surface area contributed by atoms with Crippen LogP contribution >= 0.6 is 0 Å². The molecule has 0 unspecified atom stereocenters. The summed E-state index contributed by atoms with van der Waals surface area (Å²) in [6.45, 7) is 0. The van der Waals surface area contributed by atoms with Crippen LogP contribution in [-0.4, -0.2) is 26.0 Å². The Morgan fingerprint density at radius 2 is 1.85 bits per heavy atom. The average Bonchev–Trinajstić information content (AvgIpc) is 3.18. The highest BCUT2D eigenvalue weighted by molar-refractivity contribution is 6.03. The number of nitrogens with two attached hydrogens (primary N) is 2. The molecule has 4 N–H and O–H groups in total. The molecule has 3 heterocycles. The lowest BCUT2D eigenvalue weighted by molar-refractivity contribution is -0.124. The van der Waals surface area contributed by atoms with Gasteiger partial charge >= 0.3 is 0 Å². The minimum absolute atomic E-state index is 0.0838. The van der Waals surface area contributed by atoms with E-state index in [-0.39, 0.29) is 17.7 Å². The maximum absolute atomic E-state index is 11.5. The number of primary amides is 1. The van der Waals surface area contributed by atoms with Gasteiger partial charge in [-0.2, -0.15) is 0 Å². The molecular formula is C26H24N6O. The average molecular weight is 437 g/mol. The van der Waals surface area contributed by atoms with Crippen molar-refractivity contribution in [3.8, 4) is 11.3 Å². The molecule has 0 atom stereocenters. The molecule has 7 heteroatoms. The lowest BCUT2D eigenvalue weighted by atomic mass is 9.74. The quantitative estimate of drug-likeness (QED) is 0.503. The van der Waals surface area contributed by atoms with Gasteiger partial charge in [0.2, 0.25) is 5.91 Å². The number of anilines is 1. The Morgan fingerprint density at radius 1 is 1.03 bits per heavy atom. The van der Waals surface area contributed by atoms with Gasteiger partial charge in [-0.05, 0) is 42.9 Å². The molecule has 6 rings (SSSR count). The number of nitrogens with zero attached hydrogens (tertiary/aromatic N) is 4. The zero-order chi connectivity index (χ0) is 22.5. The van der Waals surface area contributed by atoms with E-state index in [0.29, 0.717) is 18.7 Å². The number of fused-ring (bicyclic) bond motifs is 2. The van der Waals surface area contributed by atoms with Gasteiger partial charge in [-0.1, -0.05) is 42.5 Å². The molecule has 1 amide bonds. The van der Waals surface area contributed by atoms with Crippen LogP contribution in [-0.2, 0) is 11.2 Å². The number of carbonyl (C=O) groups excluding carboxylic acids is 1. The number of aromatic nitrogens is 3. The maximum Gasteiger partial charge on any atom is 0.220 e. The summed E-state index contributed by atoms with van der Waals surface area (Å²) in [6, 6.07) is 16.6. The summed E-state index contributed by atoms with van der Waals surface area (Å²) in [5.74, 6) is 1.18. The zero-order valence-electron chi connectivity index (χ0n) is 18.1. The highest BCUT2D eigenvalue weighted by atomic mass is 16.1. The molecule has 0 saturated heterocycles. The summed E-state index contributed by atoms with van der Waals surface area (Å²) in [6.07, 6.45) is 6.88. The van der Waals surface area contributed by atoms with Crippen LogP contribution in [0.1, 0.15) is 42.1 Å². The first-order chi connectivity index (χ1) is 16.1. The fourth-order valence-electron chi connectivity index (χ4n) is 4.96. The molecule has 1 fully saturated rings. The molecule has 164 valence electrons. The molecule has 0 bridgehead atoms. The molecule has 1 aliphatic heterocycles. The van der Waals surface area contributed by atoms with Crippen molar-refractivity contribution in [2.24, 2.45) is 16.6 Å². The highest BCUT2D eigenvalue weighted by Gasteiger charge is 2.37. The largest absolute Gasteiger partial charge is 0.382 e. The third-order valence-electron chi connectivity index (χ3n) is 6.87. The summed E-state index contributed by atoms with van der Waals surface area (Å²) in [7, 11) is 0.